The molecule has 0 saturated carbocycles. The number of fused-ring (bicyclic) bond motifs is 4. The van der Waals surface area contributed by atoms with E-state index in [1.807, 2.05) is 127 Å². The van der Waals surface area contributed by atoms with Crippen LogP contribution in [-0.2, 0) is 44.0 Å². The minimum absolute atomic E-state index is 0. The lowest BCUT2D eigenvalue weighted by Gasteiger charge is -2.09. The molecule has 1 aliphatic carbocycles. The normalized spacial score (nSPS) is 12.8. The highest BCUT2D eigenvalue weighted by Crippen LogP contribution is 2.40. The summed E-state index contributed by atoms with van der Waals surface area (Å²) in [5.74, 6) is 3.30. The third-order valence-electron chi connectivity index (χ3n) is 21.7. The number of carbonyl (C=O) groups is 5. The second kappa shape index (κ2) is 46.8. The first-order valence-electron chi connectivity index (χ1n) is 43.2. The molecule has 42 heteroatoms. The van der Waals surface area contributed by atoms with Gasteiger partial charge in [-0.1, -0.05) is 119 Å². The van der Waals surface area contributed by atoms with Gasteiger partial charge in [-0.3, -0.25) is 84.6 Å². The number of non-ortho nitro benzene ring substituents is 4. The van der Waals surface area contributed by atoms with E-state index in [0.717, 1.165) is 94.1 Å². The number of hydrazone groups is 1. The Morgan fingerprint density at radius 1 is 0.486 bits per heavy atom. The summed E-state index contributed by atoms with van der Waals surface area (Å²) < 4.78 is 7.25. The van der Waals surface area contributed by atoms with Gasteiger partial charge in [-0.25, -0.2) is 9.97 Å². The highest BCUT2D eigenvalue weighted by molar-refractivity contribution is 8.15. The van der Waals surface area contributed by atoms with Gasteiger partial charge < -0.3 is 14.8 Å². The monoisotopic (exact) mass is 2010 g/mol. The van der Waals surface area contributed by atoms with Crippen molar-refractivity contribution in [1.29, 1.82) is 0 Å². The number of hydrogen-bond donors (Lipinski definition) is 3. The molecule has 0 unspecified atom stereocenters. The molecule has 4 N–H and O–H groups in total. The number of nitrogens with one attached hydrogen (secondary N) is 3. The number of thioether (sulfide) groups is 5. The number of benzene rings is 10. The van der Waals surface area contributed by atoms with Gasteiger partial charge in [0.1, 0.15) is 56.2 Å². The fourth-order valence-corrected chi connectivity index (χ4v) is 18.6. The lowest BCUT2D eigenvalue weighted by molar-refractivity contribution is -0.455. The van der Waals surface area contributed by atoms with Gasteiger partial charge in [-0.15, -0.1) is 48.8 Å². The van der Waals surface area contributed by atoms with E-state index in [9.17, 15) is 69.3 Å². The number of aromatic nitrogens is 8. The van der Waals surface area contributed by atoms with E-state index in [-0.39, 0.29) is 73.6 Å². The van der Waals surface area contributed by atoms with Crippen molar-refractivity contribution in [3.8, 4) is 84.2 Å². The summed E-state index contributed by atoms with van der Waals surface area (Å²) in [7, 11) is 3.50. The second-order valence-corrected chi connectivity index (χ2v) is 37.9. The molecule has 14 aromatic rings. The van der Waals surface area contributed by atoms with E-state index in [4.69, 9.17) is 16.3 Å². The van der Waals surface area contributed by atoms with Crippen LogP contribution in [0.15, 0.2) is 265 Å². The summed E-state index contributed by atoms with van der Waals surface area (Å²) in [6.07, 6.45) is 12.2. The number of nitroso groups, excluding NO2 is 1. The Kier molecular flexibility index (Phi) is 33.6. The summed E-state index contributed by atoms with van der Waals surface area (Å²) in [6.45, 7) is 8.26. The van der Waals surface area contributed by atoms with Crippen molar-refractivity contribution in [3.05, 3.63) is 308 Å². The maximum atomic E-state index is 11.6. The van der Waals surface area contributed by atoms with Crippen LogP contribution < -0.4 is 9.84 Å². The van der Waals surface area contributed by atoms with Gasteiger partial charge >= 0.3 is 0 Å². The van der Waals surface area contributed by atoms with Crippen molar-refractivity contribution in [1.82, 2.24) is 39.9 Å². The van der Waals surface area contributed by atoms with Crippen molar-refractivity contribution < 1.29 is 59.0 Å². The summed E-state index contributed by atoms with van der Waals surface area (Å²) in [5.41, 5.74) is 20.3. The van der Waals surface area contributed by atoms with Gasteiger partial charge in [0.2, 0.25) is 15.4 Å². The Bertz CT molecular complexity index is 7700. The van der Waals surface area contributed by atoms with E-state index < -0.39 is 14.8 Å². The van der Waals surface area contributed by atoms with E-state index in [0.29, 0.717) is 142 Å². The standard InChI is InChI=1S/C21H18N4O3S.C21H17N3O2S.C20H15N5O3S.C19H16ClN3O4S.C19H15N5O3S.H2O/c1-13(26)12-29-21-11-19(22-23-21)15-8-14(9-16(10-15)25(27)28)17-4-3-5-20-18(17)6-7-24(20)2;1-13(25)12-27-21-11-20(22-23-21)18-8-17(9-19(10-18)24-26)16-6-5-14-3-2-4-15(14)7-16;1-12(26)11-29-20-22-19(23-24-20)16-8-15(9-17(10-16)25(27)28)13-4-5-18-14(7-13)3-2-6-21-18;1-11(24)10-28-19-9-18(21-22-19)14-3-12(5-16(6-14)23(25)26)13-4-15(20)8-17(7-13)27-2;1-11(25)10-28-19-21-18(22-23-19)15-5-14(6-17(7-15)24(26)27)12-2-3-13-8-20-9-16(13)4-12;/h3-10H,11-12H2,1-2H3;2-3,5-10H,4,11-12H2,1H3;2-10H,11H2,1H3,(H,22,23,24);3-8H,9-10H2,1-2H3;2-7,9H,8,10H2,1H3,(H,21,22,23);1H2. The SMILES string of the molecule is CC(=O)CSC1=NN=C(c2cc(-c3cccc4c3ccn4C)cc([N+](=O)[O-])c2)C1.CC(=O)CSC1=[NH+]N=C(c2cc(N=O)cc(-c3ccc4c(c3)CC=C4)c2)C1.CC(=O)CSc1n[nH]c(-c2cc(-c3ccc4c(c3)C=NC4)cc([N+](=O)[O-])c2)n1.CC(=O)CSc1n[nH]c(-c2cc(-c3ccc4ncccc4c3)cc([N+](=O)[O-])c2)n1.COc1cc(Cl)cc(-c2cc(C3=NN=C(SCC(C)=O)C3)cc([N+](=O)[O-])c2)c1.[OH-]. The maximum absolute atomic E-state index is 11.6. The molecule has 19 rings (SSSR count). The third-order valence-corrected chi connectivity index (χ3v) is 27.3. The molecule has 0 spiro atoms. The molecule has 4 aliphatic heterocycles. The van der Waals surface area contributed by atoms with Crippen LogP contribution >= 0.6 is 70.4 Å². The highest BCUT2D eigenvalue weighted by atomic mass is 35.5. The minimum atomic E-state index is -0.448. The first-order chi connectivity index (χ1) is 67.9. The topological polar surface area (TPSA) is 516 Å². The second-order valence-electron chi connectivity index (χ2n) is 32.4. The fourth-order valence-electron chi connectivity index (χ4n) is 15.0. The molecule has 10 aromatic carbocycles. The third kappa shape index (κ3) is 26.4. The van der Waals surface area contributed by atoms with Crippen molar-refractivity contribution in [2.45, 2.75) is 77.2 Å². The number of nitrogens with zero attached hydrogens (tertiary/aromatic N) is 17. The Morgan fingerprint density at radius 3 is 1.56 bits per heavy atom. The number of allylic oxidation sites excluding steroid dienone is 1. The van der Waals surface area contributed by atoms with Crippen LogP contribution in [0.25, 0.3) is 106 Å². The number of nitro groups is 4. The molecular weight excluding hydrogens is 1930 g/mol. The lowest BCUT2D eigenvalue weighted by Crippen LogP contribution is -2.62. The quantitative estimate of drug-likeness (QED) is 0.0177. The van der Waals surface area contributed by atoms with E-state index in [1.165, 1.54) is 141 Å². The van der Waals surface area contributed by atoms with E-state index >= 15 is 0 Å². The smallest absolute Gasteiger partial charge is 0.270 e. The number of carbonyl (C=O) groups excluding carboxylic acids is 5. The maximum Gasteiger partial charge on any atom is 0.270 e. The largest absolute Gasteiger partial charge is 0.870 e. The van der Waals surface area contributed by atoms with Gasteiger partial charge in [-0.2, -0.15) is 10.2 Å². The number of aromatic amines is 2. The first kappa shape index (κ1) is 102. The number of nitro benzene ring substituents is 4. The van der Waals surface area contributed by atoms with Crippen molar-refractivity contribution in [2.75, 3.05) is 35.9 Å². The molecule has 0 atom stereocenters. The Morgan fingerprint density at radius 2 is 0.979 bits per heavy atom. The van der Waals surface area contributed by atoms with E-state index in [2.05, 4.69) is 106 Å². The van der Waals surface area contributed by atoms with Crippen LogP contribution in [0, 0.1) is 45.4 Å². The summed E-state index contributed by atoms with van der Waals surface area (Å²) in [4.78, 5) is 128. The number of aliphatic imine (C=N–C) groups is 1. The number of halogens is 1. The predicted octanol–water partition coefficient (Wildman–Crippen LogP) is 20.3. The van der Waals surface area contributed by atoms with Gasteiger partial charge in [0.25, 0.3) is 22.7 Å². The molecule has 716 valence electrons. The zero-order valence-corrected chi connectivity index (χ0v) is 81.4. The highest BCUT2D eigenvalue weighted by Gasteiger charge is 2.28. The minimum Gasteiger partial charge on any atom is -0.870 e. The molecule has 0 bridgehead atoms. The molecule has 0 fully saturated rings. The summed E-state index contributed by atoms with van der Waals surface area (Å²) in [6, 6.07) is 59.8. The van der Waals surface area contributed by atoms with Crippen LogP contribution in [-0.4, -0.2) is 168 Å². The number of H-pyrrole nitrogens is 2. The zero-order valence-electron chi connectivity index (χ0n) is 76.6. The molecule has 5 aliphatic rings. The molecule has 0 amide bonds. The average molecular weight is 2020 g/mol. The molecular formula is C100H83ClN20O16S5. The summed E-state index contributed by atoms with van der Waals surface area (Å²) in [5, 5.41) is 92.4. The van der Waals surface area contributed by atoms with Crippen LogP contribution in [0.4, 0.5) is 28.4 Å². The number of ether oxygens (including phenoxy) is 1. The zero-order chi connectivity index (χ0) is 99.7. The molecule has 8 heterocycles. The number of aryl methyl sites for hydroxylation is 1. The Hall–Kier alpha value is -15.8. The molecule has 0 saturated heterocycles. The number of hydrogen-bond acceptors (Lipinski definition) is 33. The van der Waals surface area contributed by atoms with Crippen LogP contribution in [0.1, 0.15) is 92.8 Å². The lowest BCUT2D eigenvalue weighted by atomic mass is 9.96. The van der Waals surface area contributed by atoms with E-state index in [1.54, 1.807) is 55.6 Å². The molecule has 36 nitrogen and oxygen atoms in total. The summed E-state index contributed by atoms with van der Waals surface area (Å²) >= 11 is 12.7. The number of pyridine rings is 1. The number of methoxy groups -OCH3 is 1. The van der Waals surface area contributed by atoms with Crippen molar-refractivity contribution >= 4 is 194 Å². The molecule has 0 radical (unpaired) electrons. The Labute approximate surface area is 835 Å². The van der Waals surface area contributed by atoms with Crippen LogP contribution in [0.5, 0.6) is 5.75 Å². The number of rotatable bonds is 28. The molecule has 4 aromatic heterocycles. The average Bonchev–Trinajstić information content (AvgIpc) is 1.65. The molecule has 142 heavy (non-hydrogen) atoms. The van der Waals surface area contributed by atoms with Crippen LogP contribution in [0.2, 0.25) is 5.02 Å². The van der Waals surface area contributed by atoms with Gasteiger partial charge in [0.05, 0.1) is 85.5 Å². The number of ketones is 5. The van der Waals surface area contributed by atoms with Crippen molar-refractivity contribution in [2.24, 2.45) is 42.7 Å². The fraction of sp³-hybridized carbons (Fsp3) is 0.170. The first-order valence-corrected chi connectivity index (χ1v) is 48.5. The van der Waals surface area contributed by atoms with Crippen molar-refractivity contribution in [3.63, 3.8) is 0 Å². The van der Waals surface area contributed by atoms with Gasteiger partial charge in [0.15, 0.2) is 11.6 Å². The predicted molar refractivity (Wildman–Crippen MR) is 558 cm³/mol. The number of Topliss-reactive ketones (excluding diaryl/α,β-unsaturated/α-hetero) is 5. The van der Waals surface area contributed by atoms with Crippen LogP contribution in [0.3, 0.4) is 0 Å². The Balaban J connectivity index is 0.000000141. The van der Waals surface area contributed by atoms with Gasteiger partial charge in [0, 0.05) is 136 Å². The van der Waals surface area contributed by atoms with Gasteiger partial charge in [-0.05, 0) is 226 Å².